The summed E-state index contributed by atoms with van der Waals surface area (Å²) in [4.78, 5) is 21.3. The molecule has 0 fully saturated rings. The molecule has 0 aromatic rings. The van der Waals surface area contributed by atoms with Crippen molar-refractivity contribution in [1.82, 2.24) is 0 Å². The van der Waals surface area contributed by atoms with Gasteiger partial charge in [-0.2, -0.15) is 0 Å². The Bertz CT molecular complexity index is 197. The van der Waals surface area contributed by atoms with E-state index < -0.39 is 5.54 Å². The summed E-state index contributed by atoms with van der Waals surface area (Å²) in [5.41, 5.74) is -0.883. The Morgan fingerprint density at radius 2 is 1.85 bits per heavy atom. The smallest absolute Gasteiger partial charge is 0.222 e. The van der Waals surface area contributed by atoms with Crippen LogP contribution in [0.2, 0.25) is 0 Å². The summed E-state index contributed by atoms with van der Waals surface area (Å²) < 4.78 is 0. The van der Waals surface area contributed by atoms with E-state index in [1.165, 1.54) is 6.92 Å². The number of nitro groups is 1. The van der Waals surface area contributed by atoms with Crippen molar-refractivity contribution in [2.45, 2.75) is 52.0 Å². The number of rotatable bonds is 6. The normalized spacial score (nSPS) is 11.3. The Morgan fingerprint density at radius 1 is 1.38 bits per heavy atom. The molecule has 0 rings (SSSR count). The van der Waals surface area contributed by atoms with Crippen molar-refractivity contribution in [2.75, 3.05) is 0 Å². The predicted octanol–water partition coefficient (Wildman–Crippen LogP) is 2.19. The minimum Gasteiger partial charge on any atom is -0.300 e. The van der Waals surface area contributed by atoms with E-state index in [-0.39, 0.29) is 10.7 Å². The molecule has 0 aliphatic carbocycles. The van der Waals surface area contributed by atoms with Gasteiger partial charge in [-0.25, -0.2) is 0 Å². The van der Waals surface area contributed by atoms with Crippen molar-refractivity contribution in [3.05, 3.63) is 10.1 Å². The number of nitrogens with zero attached hydrogens (tertiary/aromatic N) is 1. The Morgan fingerprint density at radius 3 is 2.08 bits per heavy atom. The van der Waals surface area contributed by atoms with Gasteiger partial charge in [0, 0.05) is 30.6 Å². The Balaban J connectivity index is 4.39. The van der Waals surface area contributed by atoms with Gasteiger partial charge in [0.25, 0.3) is 0 Å². The first kappa shape index (κ1) is 12.1. The van der Waals surface area contributed by atoms with Crippen LogP contribution in [0.4, 0.5) is 0 Å². The van der Waals surface area contributed by atoms with Crippen LogP contribution < -0.4 is 0 Å². The first-order valence-corrected chi connectivity index (χ1v) is 4.62. The van der Waals surface area contributed by atoms with Gasteiger partial charge in [0.05, 0.1) is 0 Å². The predicted molar refractivity (Wildman–Crippen MR) is 50.2 cm³/mol. The molecule has 0 aromatic carbocycles. The van der Waals surface area contributed by atoms with Gasteiger partial charge in [-0.15, -0.1) is 0 Å². The van der Waals surface area contributed by atoms with Crippen molar-refractivity contribution in [1.29, 1.82) is 0 Å². The fourth-order valence-corrected chi connectivity index (χ4v) is 1.36. The number of carbonyl (C=O) groups excluding carboxylic acids is 1. The molecule has 0 heterocycles. The maximum Gasteiger partial charge on any atom is 0.222 e. The van der Waals surface area contributed by atoms with Gasteiger partial charge in [-0.1, -0.05) is 13.8 Å². The van der Waals surface area contributed by atoms with Crippen LogP contribution in [0.5, 0.6) is 0 Å². The summed E-state index contributed by atoms with van der Waals surface area (Å²) >= 11 is 0. The zero-order chi connectivity index (χ0) is 10.5. The quantitative estimate of drug-likeness (QED) is 0.473. The molecule has 0 saturated heterocycles. The summed E-state index contributed by atoms with van der Waals surface area (Å²) in [6.07, 6.45) is 1.65. The van der Waals surface area contributed by atoms with Crippen LogP contribution >= 0.6 is 0 Å². The number of ketones is 1. The third-order valence-corrected chi connectivity index (χ3v) is 2.65. The maximum absolute atomic E-state index is 10.8. The van der Waals surface area contributed by atoms with Crippen molar-refractivity contribution in [3.8, 4) is 0 Å². The van der Waals surface area contributed by atoms with Crippen LogP contribution in [-0.2, 0) is 4.79 Å². The van der Waals surface area contributed by atoms with Crippen LogP contribution in [0.3, 0.4) is 0 Å². The summed E-state index contributed by atoms with van der Waals surface area (Å²) in [5, 5.41) is 10.8. The molecule has 4 heteroatoms. The molecule has 0 unspecified atom stereocenters. The van der Waals surface area contributed by atoms with Crippen LogP contribution in [0.15, 0.2) is 0 Å². The molecular formula is C9H17NO3. The average Bonchev–Trinajstić information content (AvgIpc) is 2.06. The zero-order valence-corrected chi connectivity index (χ0v) is 8.50. The topological polar surface area (TPSA) is 60.2 Å². The highest BCUT2D eigenvalue weighted by Crippen LogP contribution is 2.25. The second kappa shape index (κ2) is 4.94. The van der Waals surface area contributed by atoms with E-state index in [9.17, 15) is 14.9 Å². The lowest BCUT2D eigenvalue weighted by Gasteiger charge is -2.21. The molecule has 0 aliphatic rings. The molecule has 0 aromatic heterocycles. The minimum atomic E-state index is -0.883. The summed E-state index contributed by atoms with van der Waals surface area (Å²) in [6, 6.07) is 0. The standard InChI is InChI=1S/C9H17NO3/c1-4-9(5-2,10(12)13)7-6-8(3)11/h4-7H2,1-3H3. The minimum absolute atomic E-state index is 0.0214. The molecule has 0 spiro atoms. The van der Waals surface area contributed by atoms with E-state index in [1.807, 2.05) is 0 Å². The van der Waals surface area contributed by atoms with E-state index in [0.717, 1.165) is 0 Å². The van der Waals surface area contributed by atoms with Crippen molar-refractivity contribution in [3.63, 3.8) is 0 Å². The fraction of sp³-hybridized carbons (Fsp3) is 0.889. The molecule has 4 nitrogen and oxygen atoms in total. The van der Waals surface area contributed by atoms with Crippen LogP contribution in [0.25, 0.3) is 0 Å². The van der Waals surface area contributed by atoms with Gasteiger partial charge in [0.2, 0.25) is 5.54 Å². The monoisotopic (exact) mass is 187 g/mol. The Hall–Kier alpha value is -0.930. The van der Waals surface area contributed by atoms with E-state index in [4.69, 9.17) is 0 Å². The van der Waals surface area contributed by atoms with Gasteiger partial charge in [-0.3, -0.25) is 10.1 Å². The van der Waals surface area contributed by atoms with Crippen LogP contribution in [0.1, 0.15) is 46.5 Å². The fourth-order valence-electron chi connectivity index (χ4n) is 1.36. The third-order valence-electron chi connectivity index (χ3n) is 2.65. The molecule has 76 valence electrons. The number of hydrogen-bond donors (Lipinski definition) is 0. The molecule has 0 atom stereocenters. The van der Waals surface area contributed by atoms with Crippen molar-refractivity contribution >= 4 is 5.78 Å². The van der Waals surface area contributed by atoms with Crippen LogP contribution in [-0.4, -0.2) is 16.2 Å². The zero-order valence-electron chi connectivity index (χ0n) is 8.50. The van der Waals surface area contributed by atoms with E-state index in [1.54, 1.807) is 13.8 Å². The SMILES string of the molecule is CCC(CC)(CCC(C)=O)[N+](=O)[O-]. The largest absolute Gasteiger partial charge is 0.300 e. The van der Waals surface area contributed by atoms with Gasteiger partial charge < -0.3 is 4.79 Å². The number of hydrogen-bond acceptors (Lipinski definition) is 3. The van der Waals surface area contributed by atoms with Crippen molar-refractivity contribution in [2.24, 2.45) is 0 Å². The number of Topliss-reactive ketones (excluding diaryl/α,β-unsaturated/α-hetero) is 1. The molecule has 0 amide bonds. The lowest BCUT2D eigenvalue weighted by molar-refractivity contribution is -0.572. The average molecular weight is 187 g/mol. The van der Waals surface area contributed by atoms with E-state index in [0.29, 0.717) is 25.7 Å². The van der Waals surface area contributed by atoms with Gasteiger partial charge in [0.15, 0.2) is 0 Å². The first-order chi connectivity index (χ1) is 5.98. The number of carbonyl (C=O) groups is 1. The molecule has 13 heavy (non-hydrogen) atoms. The van der Waals surface area contributed by atoms with Gasteiger partial charge in [0.1, 0.15) is 5.78 Å². The molecule has 0 bridgehead atoms. The van der Waals surface area contributed by atoms with Crippen LogP contribution in [0, 0.1) is 10.1 Å². The van der Waals surface area contributed by atoms with E-state index in [2.05, 4.69) is 0 Å². The highest BCUT2D eigenvalue weighted by molar-refractivity contribution is 5.75. The second-order valence-corrected chi connectivity index (χ2v) is 3.39. The van der Waals surface area contributed by atoms with Crippen molar-refractivity contribution < 1.29 is 9.72 Å². The highest BCUT2D eigenvalue weighted by atomic mass is 16.6. The maximum atomic E-state index is 10.8. The lowest BCUT2D eigenvalue weighted by atomic mass is 9.88. The summed E-state index contributed by atoms with van der Waals surface area (Å²) in [7, 11) is 0. The molecule has 0 aliphatic heterocycles. The summed E-state index contributed by atoms with van der Waals surface area (Å²) in [6.45, 7) is 5.06. The molecule has 0 radical (unpaired) electrons. The Kier molecular flexibility index (Phi) is 4.59. The lowest BCUT2D eigenvalue weighted by Crippen LogP contribution is -2.37. The second-order valence-electron chi connectivity index (χ2n) is 3.39. The van der Waals surface area contributed by atoms with Gasteiger partial charge in [-0.05, 0) is 6.92 Å². The Labute approximate surface area is 78.5 Å². The first-order valence-electron chi connectivity index (χ1n) is 4.62. The van der Waals surface area contributed by atoms with Gasteiger partial charge >= 0.3 is 0 Å². The molecule has 0 saturated carbocycles. The van der Waals surface area contributed by atoms with E-state index >= 15 is 0 Å². The highest BCUT2D eigenvalue weighted by Gasteiger charge is 2.38. The molecular weight excluding hydrogens is 170 g/mol. The summed E-state index contributed by atoms with van der Waals surface area (Å²) in [5.74, 6) is 0.0214. The molecule has 0 N–H and O–H groups in total. The third kappa shape index (κ3) is 3.13.